The van der Waals surface area contributed by atoms with E-state index in [1.165, 1.54) is 83.5 Å². The number of phosphoric acid groups is 1. The molecule has 8 nitrogen and oxygen atoms in total. The van der Waals surface area contributed by atoms with Crippen molar-refractivity contribution in [3.63, 3.8) is 0 Å². The summed E-state index contributed by atoms with van der Waals surface area (Å²) in [7, 11) is 1.65. The number of phosphoric ester groups is 1. The first-order valence-corrected chi connectivity index (χ1v) is 23.4. The van der Waals surface area contributed by atoms with Crippen molar-refractivity contribution in [2.45, 2.75) is 180 Å². The predicted molar refractivity (Wildman–Crippen MR) is 229 cm³/mol. The second-order valence-electron chi connectivity index (χ2n) is 15.7. The molecule has 316 valence electrons. The summed E-state index contributed by atoms with van der Waals surface area (Å²) in [4.78, 5) is 22.8. The third-order valence-corrected chi connectivity index (χ3v) is 10.1. The Labute approximate surface area is 333 Å². The van der Waals surface area contributed by atoms with Gasteiger partial charge >= 0.3 is 13.8 Å². The third-order valence-electron chi connectivity index (χ3n) is 9.09. The average Bonchev–Trinajstić information content (AvgIpc) is 3.12. The molecule has 0 rings (SSSR count). The van der Waals surface area contributed by atoms with Crippen LogP contribution in [0.1, 0.15) is 174 Å². The second kappa shape index (κ2) is 38.3. The number of esters is 1. The molecule has 0 saturated heterocycles. The molecule has 0 aromatic heterocycles. The van der Waals surface area contributed by atoms with E-state index in [9.17, 15) is 14.3 Å². The van der Waals surface area contributed by atoms with Gasteiger partial charge in [0.15, 0.2) is 0 Å². The number of ether oxygens (including phenoxy) is 2. The Bertz CT molecular complexity index is 1000. The normalized spacial score (nSPS) is 14.3. The molecule has 2 unspecified atom stereocenters. The van der Waals surface area contributed by atoms with Crippen LogP contribution in [-0.4, -0.2) is 75.6 Å². The van der Waals surface area contributed by atoms with Gasteiger partial charge in [-0.25, -0.2) is 4.57 Å². The molecule has 0 bridgehead atoms. The quantitative estimate of drug-likeness (QED) is 0.0218. The molecule has 0 aliphatic rings. The third kappa shape index (κ3) is 41.6. The van der Waals surface area contributed by atoms with Crippen LogP contribution in [0.3, 0.4) is 0 Å². The Kier molecular flexibility index (Phi) is 37.2. The molecular formula is C45H85NO7P+. The molecule has 54 heavy (non-hydrogen) atoms. The first kappa shape index (κ1) is 52.5. The van der Waals surface area contributed by atoms with Gasteiger partial charge < -0.3 is 18.9 Å². The Morgan fingerprint density at radius 1 is 0.574 bits per heavy atom. The minimum Gasteiger partial charge on any atom is -0.457 e. The van der Waals surface area contributed by atoms with Gasteiger partial charge in [0.05, 0.1) is 34.4 Å². The minimum atomic E-state index is -4.28. The van der Waals surface area contributed by atoms with E-state index in [0.29, 0.717) is 24.1 Å². The topological polar surface area (TPSA) is 91.3 Å². The van der Waals surface area contributed by atoms with Gasteiger partial charge in [-0.05, 0) is 70.6 Å². The van der Waals surface area contributed by atoms with Crippen molar-refractivity contribution in [1.82, 2.24) is 0 Å². The molecule has 2 atom stereocenters. The van der Waals surface area contributed by atoms with Gasteiger partial charge in [-0.2, -0.15) is 0 Å². The summed E-state index contributed by atoms with van der Waals surface area (Å²) in [6.07, 6.45) is 45.8. The first-order valence-electron chi connectivity index (χ1n) is 21.9. The van der Waals surface area contributed by atoms with E-state index in [2.05, 4.69) is 62.5 Å². The van der Waals surface area contributed by atoms with E-state index >= 15 is 0 Å². The Morgan fingerprint density at radius 2 is 1.06 bits per heavy atom. The number of carbonyl (C=O) groups excluding carboxylic acids is 1. The van der Waals surface area contributed by atoms with Crippen LogP contribution >= 0.6 is 7.82 Å². The van der Waals surface area contributed by atoms with Crippen molar-refractivity contribution in [2.24, 2.45) is 0 Å². The molecule has 0 aliphatic heterocycles. The highest BCUT2D eigenvalue weighted by Gasteiger charge is 2.26. The van der Waals surface area contributed by atoms with Gasteiger partial charge in [-0.3, -0.25) is 13.8 Å². The van der Waals surface area contributed by atoms with Crippen LogP contribution < -0.4 is 0 Å². The average molecular weight is 783 g/mol. The van der Waals surface area contributed by atoms with Crippen LogP contribution in [0.2, 0.25) is 0 Å². The standard InChI is InChI=1S/C45H84NO7P/c1-6-8-10-12-14-16-18-19-20-21-22-23-24-25-26-27-28-29-31-33-35-37-40-50-42-44(43-52-54(48,49)51-41-39-46(3,4)5)53-45(47)38-36-34-32-30-17-15-13-11-9-7-2/h11,13,18-19,21-22,24-25,44H,6-10,12,14-17,20,23,26-43H2,1-5H3/p+1/b13-11-,19-18-,22-21-,25-24-. The van der Waals surface area contributed by atoms with Gasteiger partial charge in [-0.15, -0.1) is 0 Å². The first-order chi connectivity index (χ1) is 26.1. The lowest BCUT2D eigenvalue weighted by Gasteiger charge is -2.24. The maximum absolute atomic E-state index is 12.6. The lowest BCUT2D eigenvalue weighted by Crippen LogP contribution is -2.37. The van der Waals surface area contributed by atoms with E-state index in [1.54, 1.807) is 0 Å². The number of unbranched alkanes of at least 4 members (excludes halogenated alkanes) is 18. The van der Waals surface area contributed by atoms with E-state index in [-0.39, 0.29) is 25.8 Å². The van der Waals surface area contributed by atoms with Crippen molar-refractivity contribution in [2.75, 3.05) is 54.1 Å². The fraction of sp³-hybridized carbons (Fsp3) is 0.800. The number of nitrogens with zero attached hydrogens (tertiary/aromatic N) is 1. The summed E-state index contributed by atoms with van der Waals surface area (Å²) in [5, 5.41) is 0. The maximum Gasteiger partial charge on any atom is 0.472 e. The van der Waals surface area contributed by atoms with Crippen molar-refractivity contribution < 1.29 is 37.3 Å². The fourth-order valence-electron chi connectivity index (χ4n) is 5.68. The molecule has 0 amide bonds. The minimum absolute atomic E-state index is 0.0833. The predicted octanol–water partition coefficient (Wildman–Crippen LogP) is 12.8. The molecule has 0 spiro atoms. The second-order valence-corrected chi connectivity index (χ2v) is 17.2. The number of carbonyl (C=O) groups is 1. The summed E-state index contributed by atoms with van der Waals surface area (Å²) < 4.78 is 34.9. The SMILES string of the molecule is CCC/C=C\CCCCCCCC(=O)OC(COCCCCCCCCC/C=C\C/C=C\C/C=C\CCCCCCC)COP(=O)(O)OCC[N+](C)(C)C. The Balaban J connectivity index is 4.18. The number of likely N-dealkylation sites (N-methyl/N-ethyl adjacent to an activating group) is 1. The zero-order valence-corrected chi connectivity index (χ0v) is 36.6. The van der Waals surface area contributed by atoms with E-state index < -0.39 is 13.9 Å². The van der Waals surface area contributed by atoms with Crippen molar-refractivity contribution >= 4 is 13.8 Å². The van der Waals surface area contributed by atoms with E-state index in [4.69, 9.17) is 18.5 Å². The molecule has 0 radical (unpaired) electrons. The number of rotatable bonds is 40. The summed E-state index contributed by atoms with van der Waals surface area (Å²) in [6, 6.07) is 0. The van der Waals surface area contributed by atoms with Crippen molar-refractivity contribution in [1.29, 1.82) is 0 Å². The van der Waals surface area contributed by atoms with Gasteiger partial charge in [-0.1, -0.05) is 146 Å². The van der Waals surface area contributed by atoms with Crippen LogP contribution in [0, 0.1) is 0 Å². The highest BCUT2D eigenvalue weighted by atomic mass is 31.2. The molecule has 0 aliphatic carbocycles. The van der Waals surface area contributed by atoms with Crippen LogP contribution in [0.5, 0.6) is 0 Å². The van der Waals surface area contributed by atoms with Crippen molar-refractivity contribution in [3.8, 4) is 0 Å². The van der Waals surface area contributed by atoms with Gasteiger partial charge in [0, 0.05) is 13.0 Å². The summed E-state index contributed by atoms with van der Waals surface area (Å²) in [5.41, 5.74) is 0. The molecular weight excluding hydrogens is 697 g/mol. The van der Waals surface area contributed by atoms with Crippen LogP contribution in [0.15, 0.2) is 48.6 Å². The van der Waals surface area contributed by atoms with Gasteiger partial charge in [0.1, 0.15) is 19.3 Å². The Morgan fingerprint density at radius 3 is 1.61 bits per heavy atom. The monoisotopic (exact) mass is 783 g/mol. The zero-order valence-electron chi connectivity index (χ0n) is 35.7. The molecule has 0 aromatic rings. The molecule has 9 heteroatoms. The van der Waals surface area contributed by atoms with Crippen LogP contribution in [0.4, 0.5) is 0 Å². The van der Waals surface area contributed by atoms with Gasteiger partial charge in [0.2, 0.25) is 0 Å². The van der Waals surface area contributed by atoms with E-state index in [0.717, 1.165) is 70.6 Å². The summed E-state index contributed by atoms with van der Waals surface area (Å²) in [6.45, 7) is 5.50. The van der Waals surface area contributed by atoms with Crippen LogP contribution in [-0.2, 0) is 27.9 Å². The number of allylic oxidation sites excluding steroid dienone is 8. The van der Waals surface area contributed by atoms with Crippen LogP contribution in [0.25, 0.3) is 0 Å². The van der Waals surface area contributed by atoms with Gasteiger partial charge in [0.25, 0.3) is 0 Å². The summed E-state index contributed by atoms with van der Waals surface area (Å²) in [5.74, 6) is -0.331. The smallest absolute Gasteiger partial charge is 0.457 e. The number of hydrogen-bond acceptors (Lipinski definition) is 6. The summed E-state index contributed by atoms with van der Waals surface area (Å²) >= 11 is 0. The van der Waals surface area contributed by atoms with E-state index in [1.807, 2.05) is 21.1 Å². The fourth-order valence-corrected chi connectivity index (χ4v) is 6.42. The van der Waals surface area contributed by atoms with Crippen molar-refractivity contribution in [3.05, 3.63) is 48.6 Å². The zero-order chi connectivity index (χ0) is 39.9. The molecule has 0 saturated carbocycles. The highest BCUT2D eigenvalue weighted by molar-refractivity contribution is 7.47. The molecule has 1 N–H and O–H groups in total. The molecule has 0 fully saturated rings. The Hall–Kier alpha value is -1.54. The molecule has 0 heterocycles. The maximum atomic E-state index is 12.6. The lowest BCUT2D eigenvalue weighted by molar-refractivity contribution is -0.870. The lowest BCUT2D eigenvalue weighted by atomic mass is 10.1. The number of hydrogen-bond donors (Lipinski definition) is 1. The number of quaternary nitrogens is 1. The highest BCUT2D eigenvalue weighted by Crippen LogP contribution is 2.43. The largest absolute Gasteiger partial charge is 0.472 e. The molecule has 0 aromatic carbocycles.